The maximum atomic E-state index is 13.7. The average molecular weight is 361 g/mol. The van der Waals surface area contributed by atoms with Crippen LogP contribution in [-0.4, -0.2) is 55.2 Å². The number of rotatable bonds is 6. The predicted octanol–water partition coefficient (Wildman–Crippen LogP) is 1.58. The van der Waals surface area contributed by atoms with E-state index in [-0.39, 0.29) is 35.9 Å². The first-order valence-corrected chi connectivity index (χ1v) is 9.11. The Morgan fingerprint density at radius 1 is 1.38 bits per heavy atom. The number of halogens is 1. The molecule has 1 aliphatic heterocycles. The lowest BCUT2D eigenvalue weighted by Gasteiger charge is -2.34. The molecule has 0 amide bonds. The van der Waals surface area contributed by atoms with Crippen molar-refractivity contribution in [1.29, 1.82) is 0 Å². The van der Waals surface area contributed by atoms with Crippen LogP contribution in [0.1, 0.15) is 13.8 Å². The molecule has 0 aliphatic carbocycles. The molecule has 1 aromatic carbocycles. The number of anilines is 1. The Bertz CT molecular complexity index is 702. The van der Waals surface area contributed by atoms with Gasteiger partial charge in [0.1, 0.15) is 0 Å². The predicted molar refractivity (Wildman–Crippen MR) is 86.9 cm³/mol. The number of morpholine rings is 1. The molecule has 2 unspecified atom stereocenters. The number of hydrogen-bond donors (Lipinski definition) is 1. The van der Waals surface area contributed by atoms with E-state index >= 15 is 0 Å². The second-order valence-corrected chi connectivity index (χ2v) is 7.83. The fourth-order valence-electron chi connectivity index (χ4n) is 2.56. The van der Waals surface area contributed by atoms with E-state index in [1.165, 1.54) is 10.4 Å². The number of nitro groups is 1. The Morgan fingerprint density at radius 3 is 2.54 bits per heavy atom. The zero-order chi connectivity index (χ0) is 17.9. The Morgan fingerprint density at radius 2 is 2.00 bits per heavy atom. The number of hydrogen-bond acceptors (Lipinski definition) is 6. The number of nitro benzene ring substituents is 1. The van der Waals surface area contributed by atoms with Crippen LogP contribution in [0.4, 0.5) is 15.8 Å². The van der Waals surface area contributed by atoms with Crippen LogP contribution in [0.3, 0.4) is 0 Å². The molecule has 2 atom stereocenters. The van der Waals surface area contributed by atoms with Gasteiger partial charge in [0.05, 0.1) is 34.6 Å². The first-order chi connectivity index (χ1) is 11.2. The van der Waals surface area contributed by atoms with Crippen molar-refractivity contribution in [3.8, 4) is 0 Å². The highest BCUT2D eigenvalue weighted by Gasteiger charge is 2.30. The average Bonchev–Trinajstić information content (AvgIpc) is 2.47. The van der Waals surface area contributed by atoms with E-state index in [9.17, 15) is 22.9 Å². The molecule has 134 valence electrons. The van der Waals surface area contributed by atoms with Crippen molar-refractivity contribution < 1.29 is 22.5 Å². The molecule has 0 spiro atoms. The largest absolute Gasteiger partial charge is 0.382 e. The third kappa shape index (κ3) is 4.62. The first-order valence-electron chi connectivity index (χ1n) is 7.50. The van der Waals surface area contributed by atoms with Crippen molar-refractivity contribution in [2.24, 2.45) is 0 Å². The third-order valence-corrected chi connectivity index (χ3v) is 5.42. The fraction of sp³-hybridized carbons (Fsp3) is 0.571. The van der Waals surface area contributed by atoms with E-state index in [1.54, 1.807) is 0 Å². The van der Waals surface area contributed by atoms with Gasteiger partial charge in [-0.2, -0.15) is 4.31 Å². The molecule has 2 rings (SSSR count). The van der Waals surface area contributed by atoms with E-state index < -0.39 is 20.8 Å². The van der Waals surface area contributed by atoms with Gasteiger partial charge >= 0.3 is 0 Å². The summed E-state index contributed by atoms with van der Waals surface area (Å²) < 4.78 is 45.3. The van der Waals surface area contributed by atoms with Crippen molar-refractivity contribution in [2.45, 2.75) is 26.1 Å². The van der Waals surface area contributed by atoms with Gasteiger partial charge < -0.3 is 10.1 Å². The number of ether oxygens (including phenoxy) is 1. The fourth-order valence-corrected chi connectivity index (χ4v) is 4.05. The van der Waals surface area contributed by atoms with Crippen LogP contribution in [0.15, 0.2) is 18.2 Å². The number of nitrogens with one attached hydrogen (secondary N) is 1. The van der Waals surface area contributed by atoms with Gasteiger partial charge in [-0.1, -0.05) is 0 Å². The summed E-state index contributed by atoms with van der Waals surface area (Å²) in [5, 5.41) is 13.2. The molecule has 1 heterocycles. The van der Waals surface area contributed by atoms with Crippen LogP contribution in [0, 0.1) is 15.9 Å². The van der Waals surface area contributed by atoms with Crippen LogP contribution >= 0.6 is 0 Å². The zero-order valence-corrected chi connectivity index (χ0v) is 14.3. The van der Waals surface area contributed by atoms with Gasteiger partial charge in [0.15, 0.2) is 5.82 Å². The maximum absolute atomic E-state index is 13.7. The lowest BCUT2D eigenvalue weighted by molar-refractivity contribution is -0.385. The summed E-state index contributed by atoms with van der Waals surface area (Å²) in [6.07, 6.45) is -0.354. The molecule has 1 N–H and O–H groups in total. The molecule has 10 heteroatoms. The molecule has 0 saturated carbocycles. The molecule has 0 aromatic heterocycles. The quantitative estimate of drug-likeness (QED) is 0.610. The molecule has 1 aromatic rings. The van der Waals surface area contributed by atoms with Crippen molar-refractivity contribution in [1.82, 2.24) is 4.31 Å². The monoisotopic (exact) mass is 361 g/mol. The van der Waals surface area contributed by atoms with Crippen molar-refractivity contribution in [3.63, 3.8) is 0 Å². The van der Waals surface area contributed by atoms with Gasteiger partial charge in [0.2, 0.25) is 10.0 Å². The topological polar surface area (TPSA) is 102 Å². The summed E-state index contributed by atoms with van der Waals surface area (Å²) in [7, 11) is -3.49. The SMILES string of the molecule is CC1CN(S(=O)(=O)CCNc2ccc([N+](=O)[O-])cc2F)CC(C)O1. The van der Waals surface area contributed by atoms with Crippen molar-refractivity contribution in [3.05, 3.63) is 34.1 Å². The third-order valence-electron chi connectivity index (χ3n) is 3.62. The van der Waals surface area contributed by atoms with Crippen LogP contribution in [0.5, 0.6) is 0 Å². The van der Waals surface area contributed by atoms with Crippen LogP contribution in [0.2, 0.25) is 0 Å². The van der Waals surface area contributed by atoms with Crippen molar-refractivity contribution in [2.75, 3.05) is 30.7 Å². The van der Waals surface area contributed by atoms with Gasteiger partial charge in [-0.15, -0.1) is 0 Å². The molecule has 1 fully saturated rings. The molecule has 8 nitrogen and oxygen atoms in total. The highest BCUT2D eigenvalue weighted by Crippen LogP contribution is 2.20. The summed E-state index contributed by atoms with van der Waals surface area (Å²) in [5.74, 6) is -1.00. The molecular formula is C14H20FN3O5S. The Balaban J connectivity index is 1.94. The summed E-state index contributed by atoms with van der Waals surface area (Å²) in [4.78, 5) is 9.87. The first kappa shape index (κ1) is 18.6. The van der Waals surface area contributed by atoms with Gasteiger partial charge in [-0.05, 0) is 19.9 Å². The molecule has 24 heavy (non-hydrogen) atoms. The molecule has 0 bridgehead atoms. The van der Waals surface area contributed by atoms with Crippen molar-refractivity contribution >= 4 is 21.4 Å². The smallest absolute Gasteiger partial charge is 0.272 e. The summed E-state index contributed by atoms with van der Waals surface area (Å²) in [6.45, 7) is 4.19. The summed E-state index contributed by atoms with van der Waals surface area (Å²) in [6, 6.07) is 3.17. The standard InChI is InChI=1S/C14H20FN3O5S/c1-10-8-17(9-11(2)23-10)24(21,22)6-5-16-14-4-3-12(18(19)20)7-13(14)15/h3-4,7,10-11,16H,5-6,8-9H2,1-2H3. The summed E-state index contributed by atoms with van der Waals surface area (Å²) >= 11 is 0. The number of non-ortho nitro benzene ring substituents is 1. The van der Waals surface area contributed by atoms with Crippen LogP contribution < -0.4 is 5.32 Å². The number of sulfonamides is 1. The zero-order valence-electron chi connectivity index (χ0n) is 13.4. The number of benzene rings is 1. The molecule has 0 radical (unpaired) electrons. The van der Waals surface area contributed by atoms with Gasteiger partial charge in [-0.3, -0.25) is 10.1 Å². The van der Waals surface area contributed by atoms with Crippen LogP contribution in [-0.2, 0) is 14.8 Å². The Labute approximate surface area is 139 Å². The highest BCUT2D eigenvalue weighted by atomic mass is 32.2. The van der Waals surface area contributed by atoms with E-state index in [4.69, 9.17) is 4.74 Å². The Kier molecular flexibility index (Phi) is 5.73. The lowest BCUT2D eigenvalue weighted by Crippen LogP contribution is -2.49. The van der Waals surface area contributed by atoms with Gasteiger partial charge in [-0.25, -0.2) is 12.8 Å². The van der Waals surface area contributed by atoms with E-state index in [0.717, 1.165) is 12.1 Å². The van der Waals surface area contributed by atoms with Gasteiger partial charge in [0, 0.05) is 25.7 Å². The normalized spacial score (nSPS) is 22.3. The van der Waals surface area contributed by atoms with Crippen LogP contribution in [0.25, 0.3) is 0 Å². The molecular weight excluding hydrogens is 341 g/mol. The maximum Gasteiger partial charge on any atom is 0.272 e. The molecule has 1 saturated heterocycles. The van der Waals surface area contributed by atoms with Gasteiger partial charge in [0.25, 0.3) is 5.69 Å². The minimum Gasteiger partial charge on any atom is -0.382 e. The minimum atomic E-state index is -3.49. The lowest BCUT2D eigenvalue weighted by atomic mass is 10.2. The molecule has 1 aliphatic rings. The second-order valence-electron chi connectivity index (χ2n) is 5.74. The van der Waals surface area contributed by atoms with E-state index in [0.29, 0.717) is 13.1 Å². The van der Waals surface area contributed by atoms with E-state index in [1.807, 2.05) is 13.8 Å². The minimum absolute atomic E-state index is 0.00279. The number of nitrogens with zero attached hydrogens (tertiary/aromatic N) is 2. The second kappa shape index (κ2) is 7.41. The Hall–Kier alpha value is -1.78. The highest BCUT2D eigenvalue weighted by molar-refractivity contribution is 7.89. The van der Waals surface area contributed by atoms with E-state index in [2.05, 4.69) is 5.32 Å². The summed E-state index contributed by atoms with van der Waals surface area (Å²) in [5.41, 5.74) is -0.332.